The first kappa shape index (κ1) is 16.8. The number of benzene rings is 1. The molecule has 1 aromatic rings. The lowest BCUT2D eigenvalue weighted by molar-refractivity contribution is 0.338. The van der Waals surface area contributed by atoms with Crippen molar-refractivity contribution in [1.82, 2.24) is 4.31 Å². The maximum Gasteiger partial charge on any atom is 0.247 e. The van der Waals surface area contributed by atoms with E-state index in [9.17, 15) is 8.42 Å². The Bertz CT molecular complexity index is 570. The third-order valence-electron chi connectivity index (χ3n) is 3.53. The molecule has 2 N–H and O–H groups in total. The molecule has 0 radical (unpaired) electrons. The van der Waals surface area contributed by atoms with Gasteiger partial charge in [0.25, 0.3) is 0 Å². The Labute approximate surface area is 121 Å². The first-order valence-corrected chi connectivity index (χ1v) is 8.19. The fourth-order valence-corrected chi connectivity index (χ4v) is 3.97. The van der Waals surface area contributed by atoms with Crippen molar-refractivity contribution < 1.29 is 13.2 Å². The van der Waals surface area contributed by atoms with Gasteiger partial charge < -0.3 is 10.5 Å². The van der Waals surface area contributed by atoms with E-state index in [1.165, 1.54) is 17.5 Å². The Morgan fingerprint density at radius 2 is 1.95 bits per heavy atom. The quantitative estimate of drug-likeness (QED) is 0.819. The van der Waals surface area contributed by atoms with Gasteiger partial charge in [0, 0.05) is 18.3 Å². The summed E-state index contributed by atoms with van der Waals surface area (Å²) < 4.78 is 32.3. The third kappa shape index (κ3) is 3.07. The summed E-state index contributed by atoms with van der Waals surface area (Å²) in [4.78, 5) is 0.130. The van der Waals surface area contributed by atoms with Crippen molar-refractivity contribution in [2.75, 3.05) is 19.4 Å². The number of aryl methyl sites for hydroxylation is 1. The van der Waals surface area contributed by atoms with E-state index in [1.54, 1.807) is 6.07 Å². The first-order chi connectivity index (χ1) is 9.29. The maximum atomic E-state index is 12.8. The van der Waals surface area contributed by atoms with Crippen molar-refractivity contribution in [3.05, 3.63) is 17.7 Å². The number of ether oxygens (including phenoxy) is 1. The minimum Gasteiger partial charge on any atom is -0.495 e. The smallest absolute Gasteiger partial charge is 0.247 e. The van der Waals surface area contributed by atoms with Gasteiger partial charge in [-0.05, 0) is 38.0 Å². The van der Waals surface area contributed by atoms with Crippen LogP contribution in [-0.4, -0.2) is 32.4 Å². The number of hydrogen-bond acceptors (Lipinski definition) is 4. The van der Waals surface area contributed by atoms with E-state index in [4.69, 9.17) is 10.5 Å². The normalized spacial score (nSPS) is 13.5. The van der Waals surface area contributed by atoms with Gasteiger partial charge in [0.1, 0.15) is 10.6 Å². The Morgan fingerprint density at radius 3 is 2.40 bits per heavy atom. The van der Waals surface area contributed by atoms with Crippen LogP contribution in [0.1, 0.15) is 32.8 Å². The van der Waals surface area contributed by atoms with Crippen LogP contribution in [0.25, 0.3) is 0 Å². The number of nitrogens with zero attached hydrogens (tertiary/aromatic N) is 1. The lowest BCUT2D eigenvalue weighted by atomic mass is 10.2. The average Bonchev–Trinajstić information content (AvgIpc) is 2.41. The number of hydrogen-bond donors (Lipinski definition) is 1. The fourth-order valence-electron chi connectivity index (χ4n) is 2.09. The summed E-state index contributed by atoms with van der Waals surface area (Å²) in [5.74, 6) is 0.332. The van der Waals surface area contributed by atoms with Gasteiger partial charge in [-0.2, -0.15) is 4.31 Å². The van der Waals surface area contributed by atoms with E-state index >= 15 is 0 Å². The van der Waals surface area contributed by atoms with Crippen molar-refractivity contribution in [3.8, 4) is 5.75 Å². The molecule has 5 nitrogen and oxygen atoms in total. The Morgan fingerprint density at radius 1 is 1.35 bits per heavy atom. The fraction of sp³-hybridized carbons (Fsp3) is 0.571. The summed E-state index contributed by atoms with van der Waals surface area (Å²) in [5, 5.41) is 0. The van der Waals surface area contributed by atoms with E-state index in [2.05, 4.69) is 0 Å². The zero-order valence-electron chi connectivity index (χ0n) is 12.8. The predicted molar refractivity (Wildman–Crippen MR) is 81.5 cm³/mol. The van der Waals surface area contributed by atoms with Gasteiger partial charge in [0.15, 0.2) is 0 Å². The summed E-state index contributed by atoms with van der Waals surface area (Å²) in [6.45, 7) is 7.91. The largest absolute Gasteiger partial charge is 0.495 e. The molecule has 0 amide bonds. The van der Waals surface area contributed by atoms with Gasteiger partial charge in [-0.1, -0.05) is 13.8 Å². The summed E-state index contributed by atoms with van der Waals surface area (Å²) >= 11 is 0. The molecule has 114 valence electrons. The molecule has 1 atom stereocenters. The lowest BCUT2D eigenvalue weighted by Crippen LogP contribution is -2.38. The number of sulfonamides is 1. The molecule has 0 aliphatic carbocycles. The second kappa shape index (κ2) is 6.45. The highest BCUT2D eigenvalue weighted by Gasteiger charge is 2.30. The second-order valence-corrected chi connectivity index (χ2v) is 6.68. The monoisotopic (exact) mass is 300 g/mol. The van der Waals surface area contributed by atoms with Crippen LogP contribution in [0.15, 0.2) is 17.0 Å². The third-order valence-corrected chi connectivity index (χ3v) is 5.64. The molecule has 0 bridgehead atoms. The van der Waals surface area contributed by atoms with Gasteiger partial charge in [-0.3, -0.25) is 0 Å². The van der Waals surface area contributed by atoms with Crippen LogP contribution >= 0.6 is 0 Å². The number of methoxy groups -OCH3 is 1. The minimum absolute atomic E-state index is 0.0720. The summed E-state index contributed by atoms with van der Waals surface area (Å²) in [6.07, 6.45) is 0.747. The molecule has 1 unspecified atom stereocenters. The highest BCUT2D eigenvalue weighted by atomic mass is 32.2. The lowest BCUT2D eigenvalue weighted by Gasteiger charge is -2.27. The first-order valence-electron chi connectivity index (χ1n) is 6.75. The molecule has 0 aliphatic rings. The van der Waals surface area contributed by atoms with Gasteiger partial charge in [-0.25, -0.2) is 8.42 Å². The molecule has 0 fully saturated rings. The highest BCUT2D eigenvalue weighted by Crippen LogP contribution is 2.32. The van der Waals surface area contributed by atoms with E-state index in [-0.39, 0.29) is 10.9 Å². The molecule has 0 spiro atoms. The van der Waals surface area contributed by atoms with Crippen LogP contribution in [0.4, 0.5) is 5.69 Å². The highest BCUT2D eigenvalue weighted by molar-refractivity contribution is 7.89. The Balaban J connectivity index is 3.44. The topological polar surface area (TPSA) is 72.6 Å². The van der Waals surface area contributed by atoms with E-state index in [0.29, 0.717) is 18.0 Å². The van der Waals surface area contributed by atoms with Crippen LogP contribution in [0.5, 0.6) is 5.75 Å². The Kier molecular flexibility index (Phi) is 5.42. The van der Waals surface area contributed by atoms with Crippen LogP contribution < -0.4 is 10.5 Å². The molecule has 0 aromatic heterocycles. The van der Waals surface area contributed by atoms with Gasteiger partial charge in [0.2, 0.25) is 10.0 Å². The molecule has 20 heavy (non-hydrogen) atoms. The van der Waals surface area contributed by atoms with Gasteiger partial charge in [-0.15, -0.1) is 0 Å². The summed E-state index contributed by atoms with van der Waals surface area (Å²) in [5.41, 5.74) is 7.10. The Hall–Kier alpha value is -1.27. The van der Waals surface area contributed by atoms with Crippen LogP contribution in [0.3, 0.4) is 0 Å². The SMILES string of the molecule is CCC(C)N(CC)S(=O)(=O)c1cc(N)c(C)cc1OC. The van der Waals surface area contributed by atoms with Gasteiger partial charge >= 0.3 is 0 Å². The number of anilines is 1. The minimum atomic E-state index is -3.62. The number of nitrogens with two attached hydrogens (primary N) is 1. The second-order valence-electron chi connectivity index (χ2n) is 4.83. The average molecular weight is 300 g/mol. The van der Waals surface area contributed by atoms with Crippen molar-refractivity contribution in [2.45, 2.75) is 45.1 Å². The van der Waals surface area contributed by atoms with Crippen molar-refractivity contribution in [3.63, 3.8) is 0 Å². The predicted octanol–water partition coefficient (Wildman–Crippen LogP) is 2.39. The van der Waals surface area contributed by atoms with E-state index in [1.807, 2.05) is 27.7 Å². The maximum absolute atomic E-state index is 12.8. The molecule has 0 saturated carbocycles. The molecule has 0 aliphatic heterocycles. The number of nitrogen functional groups attached to an aromatic ring is 1. The van der Waals surface area contributed by atoms with E-state index < -0.39 is 10.0 Å². The molecule has 1 rings (SSSR count). The zero-order chi connectivity index (χ0) is 15.5. The zero-order valence-corrected chi connectivity index (χ0v) is 13.6. The summed E-state index contributed by atoms with van der Waals surface area (Å²) in [7, 11) is -2.15. The van der Waals surface area contributed by atoms with Crippen molar-refractivity contribution >= 4 is 15.7 Å². The standard InChI is InChI=1S/C14H24N2O3S/c1-6-11(4)16(7-2)20(17,18)14-9-12(15)10(3)8-13(14)19-5/h8-9,11H,6-7,15H2,1-5H3. The van der Waals surface area contributed by atoms with Crippen molar-refractivity contribution in [2.24, 2.45) is 0 Å². The molecule has 6 heteroatoms. The molecule has 1 aromatic carbocycles. The van der Waals surface area contributed by atoms with E-state index in [0.717, 1.165) is 12.0 Å². The van der Waals surface area contributed by atoms with Crippen LogP contribution in [0, 0.1) is 6.92 Å². The molecular formula is C14H24N2O3S. The molecular weight excluding hydrogens is 276 g/mol. The van der Waals surface area contributed by atoms with Crippen LogP contribution in [0.2, 0.25) is 0 Å². The van der Waals surface area contributed by atoms with Gasteiger partial charge in [0.05, 0.1) is 7.11 Å². The van der Waals surface area contributed by atoms with Crippen molar-refractivity contribution in [1.29, 1.82) is 0 Å². The molecule has 0 heterocycles. The number of rotatable bonds is 6. The molecule has 0 saturated heterocycles. The van der Waals surface area contributed by atoms with Crippen LogP contribution in [-0.2, 0) is 10.0 Å². The summed E-state index contributed by atoms with van der Waals surface area (Å²) in [6, 6.07) is 3.07.